The Labute approximate surface area is 191 Å². The number of rotatable bonds is 6. The van der Waals surface area contributed by atoms with Gasteiger partial charge in [0.15, 0.2) is 12.4 Å². The van der Waals surface area contributed by atoms with Gasteiger partial charge < -0.3 is 14.6 Å². The molecule has 5 nitrogen and oxygen atoms in total. The lowest BCUT2D eigenvalue weighted by Crippen LogP contribution is -2.20. The number of carbonyl (C=O) groups excluding carboxylic acids is 2. The quantitative estimate of drug-likeness (QED) is 0.363. The first-order chi connectivity index (χ1) is 15.3. The molecule has 32 heavy (non-hydrogen) atoms. The number of amides is 1. The van der Waals surface area contributed by atoms with Crippen LogP contribution in [0.15, 0.2) is 66.7 Å². The number of aryl methyl sites for hydroxylation is 1. The van der Waals surface area contributed by atoms with Crippen molar-refractivity contribution in [2.24, 2.45) is 0 Å². The SMILES string of the molecule is CC(=O)c1c(C)n(-c2ccccc2)c2ccc(OCC(=O)Nc3cc(Cl)ccc3C)cc12. The van der Waals surface area contributed by atoms with Gasteiger partial charge in [-0.05, 0) is 68.8 Å². The molecule has 0 fully saturated rings. The van der Waals surface area contributed by atoms with Crippen molar-refractivity contribution in [2.45, 2.75) is 20.8 Å². The zero-order valence-corrected chi connectivity index (χ0v) is 18.9. The van der Waals surface area contributed by atoms with Crippen LogP contribution in [0.3, 0.4) is 0 Å². The monoisotopic (exact) mass is 446 g/mol. The molecule has 1 aromatic heterocycles. The van der Waals surface area contributed by atoms with E-state index in [1.54, 1.807) is 19.1 Å². The summed E-state index contributed by atoms with van der Waals surface area (Å²) < 4.78 is 7.80. The summed E-state index contributed by atoms with van der Waals surface area (Å²) in [6.07, 6.45) is 0. The van der Waals surface area contributed by atoms with E-state index in [2.05, 4.69) is 9.88 Å². The Morgan fingerprint density at radius 2 is 1.75 bits per heavy atom. The minimum Gasteiger partial charge on any atom is -0.484 e. The summed E-state index contributed by atoms with van der Waals surface area (Å²) in [5, 5.41) is 4.16. The van der Waals surface area contributed by atoms with E-state index in [1.807, 2.05) is 68.4 Å². The Bertz CT molecular complexity index is 1330. The van der Waals surface area contributed by atoms with Crippen LogP contribution in [0.2, 0.25) is 5.02 Å². The summed E-state index contributed by atoms with van der Waals surface area (Å²) in [5.41, 5.74) is 4.96. The third kappa shape index (κ3) is 4.25. The fourth-order valence-corrected chi connectivity index (χ4v) is 4.08. The van der Waals surface area contributed by atoms with Gasteiger partial charge in [-0.1, -0.05) is 35.9 Å². The predicted octanol–water partition coefficient (Wildman–Crippen LogP) is 6.12. The highest BCUT2D eigenvalue weighted by atomic mass is 35.5. The number of hydrogen-bond donors (Lipinski definition) is 1. The molecule has 3 aromatic carbocycles. The number of ether oxygens (including phenoxy) is 1. The maximum atomic E-state index is 12.4. The molecule has 0 unspecified atom stereocenters. The lowest BCUT2D eigenvalue weighted by molar-refractivity contribution is -0.118. The highest BCUT2D eigenvalue weighted by molar-refractivity contribution is 6.31. The van der Waals surface area contributed by atoms with Gasteiger partial charge >= 0.3 is 0 Å². The lowest BCUT2D eigenvalue weighted by Gasteiger charge is -2.11. The summed E-state index contributed by atoms with van der Waals surface area (Å²) in [7, 11) is 0. The van der Waals surface area contributed by atoms with E-state index in [4.69, 9.17) is 16.3 Å². The molecule has 1 N–H and O–H groups in total. The molecular formula is C26H23ClN2O3. The molecule has 0 spiro atoms. The number of anilines is 1. The molecular weight excluding hydrogens is 424 g/mol. The number of fused-ring (bicyclic) bond motifs is 1. The first-order valence-corrected chi connectivity index (χ1v) is 10.6. The maximum Gasteiger partial charge on any atom is 0.262 e. The Morgan fingerprint density at radius 1 is 1.00 bits per heavy atom. The summed E-state index contributed by atoms with van der Waals surface area (Å²) in [5.74, 6) is 0.206. The average Bonchev–Trinajstić information content (AvgIpc) is 3.06. The van der Waals surface area contributed by atoms with Crippen molar-refractivity contribution in [3.8, 4) is 11.4 Å². The molecule has 4 rings (SSSR count). The summed E-state index contributed by atoms with van der Waals surface area (Å²) in [4.78, 5) is 24.8. The summed E-state index contributed by atoms with van der Waals surface area (Å²) in [6.45, 7) is 5.23. The number of halogens is 1. The van der Waals surface area contributed by atoms with Gasteiger partial charge in [0.1, 0.15) is 5.75 Å². The molecule has 162 valence electrons. The molecule has 4 aromatic rings. The minimum atomic E-state index is -0.291. The van der Waals surface area contributed by atoms with E-state index in [0.29, 0.717) is 22.0 Å². The van der Waals surface area contributed by atoms with Crippen LogP contribution in [0.4, 0.5) is 5.69 Å². The van der Waals surface area contributed by atoms with Crippen molar-refractivity contribution >= 4 is 39.9 Å². The number of para-hydroxylation sites is 1. The molecule has 1 heterocycles. The van der Waals surface area contributed by atoms with Crippen molar-refractivity contribution < 1.29 is 14.3 Å². The van der Waals surface area contributed by atoms with E-state index in [0.717, 1.165) is 27.8 Å². The van der Waals surface area contributed by atoms with Crippen molar-refractivity contribution in [3.63, 3.8) is 0 Å². The van der Waals surface area contributed by atoms with E-state index in [1.165, 1.54) is 0 Å². The summed E-state index contributed by atoms with van der Waals surface area (Å²) in [6, 6.07) is 20.7. The standard InChI is InChI=1S/C26H23ClN2O3/c1-16-9-10-19(27)13-23(16)28-25(31)15-32-21-11-12-24-22(14-21)26(18(3)30)17(2)29(24)20-7-5-4-6-8-20/h4-14H,15H2,1-3H3,(H,28,31). The van der Waals surface area contributed by atoms with E-state index < -0.39 is 0 Å². The van der Waals surface area contributed by atoms with Gasteiger partial charge in [0.2, 0.25) is 0 Å². The largest absolute Gasteiger partial charge is 0.484 e. The van der Waals surface area contributed by atoms with E-state index in [9.17, 15) is 9.59 Å². The molecule has 0 saturated heterocycles. The minimum absolute atomic E-state index is 0.0199. The molecule has 0 radical (unpaired) electrons. The lowest BCUT2D eigenvalue weighted by atomic mass is 10.1. The number of hydrogen-bond acceptors (Lipinski definition) is 3. The fourth-order valence-electron chi connectivity index (χ4n) is 3.91. The van der Waals surface area contributed by atoms with Crippen LogP contribution in [-0.2, 0) is 4.79 Å². The Balaban J connectivity index is 1.61. The van der Waals surface area contributed by atoms with Crippen LogP contribution >= 0.6 is 11.6 Å². The van der Waals surface area contributed by atoms with Gasteiger partial charge in [0.25, 0.3) is 5.91 Å². The molecule has 0 atom stereocenters. The zero-order valence-electron chi connectivity index (χ0n) is 18.1. The van der Waals surface area contributed by atoms with Gasteiger partial charge in [0.05, 0.1) is 5.52 Å². The number of nitrogens with one attached hydrogen (secondary N) is 1. The molecule has 0 aliphatic rings. The van der Waals surface area contributed by atoms with Crippen molar-refractivity contribution in [1.82, 2.24) is 4.57 Å². The van der Waals surface area contributed by atoms with Gasteiger partial charge in [-0.15, -0.1) is 0 Å². The number of benzene rings is 3. The second-order valence-corrected chi connectivity index (χ2v) is 8.10. The van der Waals surface area contributed by atoms with Crippen LogP contribution < -0.4 is 10.1 Å². The molecule has 1 amide bonds. The highest BCUT2D eigenvalue weighted by Gasteiger charge is 2.19. The average molecular weight is 447 g/mol. The normalized spacial score (nSPS) is 10.9. The van der Waals surface area contributed by atoms with E-state index in [-0.39, 0.29) is 18.3 Å². The number of Topliss-reactive ketones (excluding diaryl/α,β-unsaturated/α-hetero) is 1. The zero-order chi connectivity index (χ0) is 22.8. The molecule has 0 saturated carbocycles. The van der Waals surface area contributed by atoms with Crippen LogP contribution in [-0.4, -0.2) is 22.9 Å². The Hall–Kier alpha value is -3.57. The van der Waals surface area contributed by atoms with Crippen molar-refractivity contribution in [2.75, 3.05) is 11.9 Å². The molecule has 0 aliphatic carbocycles. The first kappa shape index (κ1) is 21.7. The van der Waals surface area contributed by atoms with Crippen molar-refractivity contribution in [3.05, 3.63) is 88.6 Å². The highest BCUT2D eigenvalue weighted by Crippen LogP contribution is 2.32. The van der Waals surface area contributed by atoms with Gasteiger partial charge in [-0.3, -0.25) is 9.59 Å². The van der Waals surface area contributed by atoms with Gasteiger partial charge in [-0.25, -0.2) is 0 Å². The third-order valence-corrected chi connectivity index (χ3v) is 5.62. The Morgan fingerprint density at radius 3 is 2.47 bits per heavy atom. The molecule has 6 heteroatoms. The smallest absolute Gasteiger partial charge is 0.262 e. The number of nitrogens with zero attached hydrogens (tertiary/aromatic N) is 1. The summed E-state index contributed by atoms with van der Waals surface area (Å²) >= 11 is 6.02. The number of ketones is 1. The second kappa shape index (κ2) is 8.89. The third-order valence-electron chi connectivity index (χ3n) is 5.39. The predicted molar refractivity (Wildman–Crippen MR) is 128 cm³/mol. The fraction of sp³-hybridized carbons (Fsp3) is 0.154. The van der Waals surface area contributed by atoms with E-state index >= 15 is 0 Å². The van der Waals surface area contributed by atoms with Crippen LogP contribution in [0, 0.1) is 13.8 Å². The number of aromatic nitrogens is 1. The first-order valence-electron chi connectivity index (χ1n) is 10.3. The van der Waals surface area contributed by atoms with Crippen LogP contribution in [0.5, 0.6) is 5.75 Å². The van der Waals surface area contributed by atoms with Crippen LogP contribution in [0.1, 0.15) is 28.5 Å². The van der Waals surface area contributed by atoms with Crippen molar-refractivity contribution in [1.29, 1.82) is 0 Å². The number of carbonyl (C=O) groups is 2. The maximum absolute atomic E-state index is 12.4. The van der Waals surface area contributed by atoms with Gasteiger partial charge in [-0.2, -0.15) is 0 Å². The molecule has 0 bridgehead atoms. The topological polar surface area (TPSA) is 60.3 Å². The molecule has 0 aliphatic heterocycles. The Kier molecular flexibility index (Phi) is 6.01. The second-order valence-electron chi connectivity index (χ2n) is 7.66. The van der Waals surface area contributed by atoms with Crippen LogP contribution in [0.25, 0.3) is 16.6 Å². The van der Waals surface area contributed by atoms with Gasteiger partial charge in [0, 0.05) is 33.0 Å².